The number of aliphatic hydroxyl groups excluding tert-OH is 1. The molecule has 0 bridgehead atoms. The Bertz CT molecular complexity index is 458. The number of allylic oxidation sites excluding steroid dienone is 3. The van der Waals surface area contributed by atoms with Crippen molar-refractivity contribution in [3.8, 4) is 0 Å². The molecule has 0 spiro atoms. The molecule has 2 saturated carbocycles. The van der Waals surface area contributed by atoms with Gasteiger partial charge in [0.25, 0.3) is 0 Å². The van der Waals surface area contributed by atoms with E-state index in [4.69, 9.17) is 0 Å². The second-order valence-corrected chi connectivity index (χ2v) is 7.71. The van der Waals surface area contributed by atoms with Crippen LogP contribution in [-0.2, 0) is 0 Å². The zero-order chi connectivity index (χ0) is 13.0. The first-order valence-electron chi connectivity index (χ1n) is 8.26. The molecule has 104 valence electrons. The summed E-state index contributed by atoms with van der Waals surface area (Å²) in [5.74, 6) is 3.46. The predicted octanol–water partition coefficient (Wildman–Crippen LogP) is 5.15. The molecule has 0 radical (unpaired) electrons. The van der Waals surface area contributed by atoms with Crippen LogP contribution in [0.5, 0.6) is 0 Å². The van der Waals surface area contributed by atoms with Gasteiger partial charge in [-0.3, -0.25) is 0 Å². The van der Waals surface area contributed by atoms with E-state index in [9.17, 15) is 5.11 Å². The minimum Gasteiger partial charge on any atom is -0.512 e. The first-order chi connectivity index (χ1) is 9.17. The molecule has 19 heavy (non-hydrogen) atoms. The molecule has 0 heterocycles. The highest BCUT2D eigenvalue weighted by Gasteiger charge is 2.50. The zero-order valence-electron chi connectivity index (χ0n) is 12.1. The summed E-state index contributed by atoms with van der Waals surface area (Å²) in [5, 5.41) is 9.76. The van der Waals surface area contributed by atoms with Crippen molar-refractivity contribution in [2.75, 3.05) is 0 Å². The molecule has 4 rings (SSSR count). The average Bonchev–Trinajstić information content (AvgIpc) is 2.79. The maximum absolute atomic E-state index is 9.76. The van der Waals surface area contributed by atoms with Crippen LogP contribution >= 0.6 is 0 Å². The van der Waals surface area contributed by atoms with E-state index in [2.05, 4.69) is 13.0 Å². The van der Waals surface area contributed by atoms with E-state index in [-0.39, 0.29) is 0 Å². The van der Waals surface area contributed by atoms with Gasteiger partial charge in [-0.2, -0.15) is 0 Å². The van der Waals surface area contributed by atoms with Gasteiger partial charge >= 0.3 is 0 Å². The molecular formula is C18H26O. The minimum absolute atomic E-state index is 0.624. The van der Waals surface area contributed by atoms with E-state index in [1.54, 1.807) is 11.1 Å². The topological polar surface area (TPSA) is 20.2 Å². The number of fused-ring (bicyclic) bond motifs is 4. The van der Waals surface area contributed by atoms with Crippen molar-refractivity contribution in [3.63, 3.8) is 0 Å². The van der Waals surface area contributed by atoms with Gasteiger partial charge in [0, 0.05) is 6.42 Å². The Hall–Kier alpha value is -0.720. The van der Waals surface area contributed by atoms with E-state index in [0.717, 1.165) is 30.6 Å². The Balaban J connectivity index is 1.64. The van der Waals surface area contributed by atoms with Crippen LogP contribution in [0.2, 0.25) is 0 Å². The lowest BCUT2D eigenvalue weighted by molar-refractivity contribution is 0.0423. The Kier molecular flexibility index (Phi) is 2.62. The molecule has 1 N–H and O–H groups in total. The number of rotatable bonds is 0. The lowest BCUT2D eigenvalue weighted by Crippen LogP contribution is -2.41. The van der Waals surface area contributed by atoms with Gasteiger partial charge in [0.15, 0.2) is 0 Å². The zero-order valence-corrected chi connectivity index (χ0v) is 12.1. The Morgan fingerprint density at radius 2 is 2.11 bits per heavy atom. The average molecular weight is 258 g/mol. The summed E-state index contributed by atoms with van der Waals surface area (Å²) in [6.45, 7) is 2.57. The molecule has 0 saturated heterocycles. The normalized spacial score (nSPS) is 45.3. The third kappa shape index (κ3) is 1.73. The summed E-state index contributed by atoms with van der Waals surface area (Å²) in [7, 11) is 0. The third-order valence-electron chi connectivity index (χ3n) is 6.85. The fourth-order valence-corrected chi connectivity index (χ4v) is 5.90. The van der Waals surface area contributed by atoms with E-state index in [0.29, 0.717) is 11.2 Å². The molecule has 4 unspecified atom stereocenters. The summed E-state index contributed by atoms with van der Waals surface area (Å²) in [6, 6.07) is 0. The monoisotopic (exact) mass is 258 g/mol. The van der Waals surface area contributed by atoms with Crippen LogP contribution in [0.1, 0.15) is 64.7 Å². The van der Waals surface area contributed by atoms with Crippen molar-refractivity contribution in [3.05, 3.63) is 23.0 Å². The van der Waals surface area contributed by atoms with Crippen molar-refractivity contribution in [2.45, 2.75) is 64.7 Å². The van der Waals surface area contributed by atoms with Crippen LogP contribution in [0.4, 0.5) is 0 Å². The summed E-state index contributed by atoms with van der Waals surface area (Å²) < 4.78 is 0. The largest absolute Gasteiger partial charge is 0.512 e. The molecule has 0 aromatic heterocycles. The van der Waals surface area contributed by atoms with Crippen LogP contribution in [0.3, 0.4) is 0 Å². The van der Waals surface area contributed by atoms with Crippen molar-refractivity contribution >= 4 is 0 Å². The van der Waals surface area contributed by atoms with Gasteiger partial charge in [-0.05, 0) is 74.2 Å². The lowest BCUT2D eigenvalue weighted by atomic mass is 9.55. The van der Waals surface area contributed by atoms with Crippen LogP contribution < -0.4 is 0 Å². The fraction of sp³-hybridized carbons (Fsp3) is 0.778. The van der Waals surface area contributed by atoms with Crippen LogP contribution in [0.25, 0.3) is 0 Å². The highest BCUT2D eigenvalue weighted by atomic mass is 16.3. The molecule has 0 amide bonds. The summed E-state index contributed by atoms with van der Waals surface area (Å²) in [6.07, 6.45) is 14.0. The Morgan fingerprint density at radius 3 is 3.00 bits per heavy atom. The molecule has 2 fully saturated rings. The van der Waals surface area contributed by atoms with Gasteiger partial charge in [-0.15, -0.1) is 0 Å². The number of hydrogen-bond donors (Lipinski definition) is 1. The van der Waals surface area contributed by atoms with Gasteiger partial charge < -0.3 is 5.11 Å². The van der Waals surface area contributed by atoms with Crippen molar-refractivity contribution in [1.82, 2.24) is 0 Å². The van der Waals surface area contributed by atoms with Crippen LogP contribution in [0.15, 0.2) is 23.0 Å². The predicted molar refractivity (Wildman–Crippen MR) is 77.9 cm³/mol. The number of aliphatic hydroxyl groups is 1. The standard InChI is InChI=1S/C18H26O/c1-18-9-2-3-17(18)16-6-4-12-11-13(19)5-7-14(12)15(16)8-10-18/h5,15-17,19H,2-4,6-11H2,1H3. The first kappa shape index (κ1) is 12.1. The van der Waals surface area contributed by atoms with Crippen molar-refractivity contribution in [1.29, 1.82) is 0 Å². The smallest absolute Gasteiger partial charge is 0.0926 e. The highest BCUT2D eigenvalue weighted by Crippen LogP contribution is 2.60. The molecule has 1 heteroatoms. The van der Waals surface area contributed by atoms with Crippen LogP contribution in [0, 0.1) is 23.2 Å². The Labute approximate surface area is 116 Å². The SMILES string of the molecule is CC12CCCC1C1CCC3=C(CC=C(O)C3)C1CC2. The summed E-state index contributed by atoms with van der Waals surface area (Å²) in [5.41, 5.74) is 4.01. The molecule has 0 aromatic rings. The molecule has 4 aliphatic carbocycles. The third-order valence-corrected chi connectivity index (χ3v) is 6.85. The van der Waals surface area contributed by atoms with Gasteiger partial charge in [-0.25, -0.2) is 0 Å². The fourth-order valence-electron chi connectivity index (χ4n) is 5.90. The van der Waals surface area contributed by atoms with Crippen LogP contribution in [-0.4, -0.2) is 5.11 Å². The van der Waals surface area contributed by atoms with Gasteiger partial charge in [0.1, 0.15) is 0 Å². The molecular weight excluding hydrogens is 232 g/mol. The molecule has 0 aliphatic heterocycles. The second kappa shape index (κ2) is 4.14. The van der Waals surface area contributed by atoms with Gasteiger partial charge in [0.2, 0.25) is 0 Å². The summed E-state index contributed by atoms with van der Waals surface area (Å²) in [4.78, 5) is 0. The van der Waals surface area contributed by atoms with E-state index in [1.165, 1.54) is 44.9 Å². The molecule has 4 aliphatic rings. The molecule has 0 aromatic carbocycles. The summed E-state index contributed by atoms with van der Waals surface area (Å²) >= 11 is 0. The lowest BCUT2D eigenvalue weighted by Gasteiger charge is -2.50. The van der Waals surface area contributed by atoms with E-state index in [1.807, 2.05) is 0 Å². The first-order valence-corrected chi connectivity index (χ1v) is 8.26. The quantitative estimate of drug-likeness (QED) is 0.596. The maximum atomic E-state index is 9.76. The second-order valence-electron chi connectivity index (χ2n) is 7.71. The van der Waals surface area contributed by atoms with Crippen molar-refractivity contribution in [2.24, 2.45) is 23.2 Å². The van der Waals surface area contributed by atoms with E-state index >= 15 is 0 Å². The minimum atomic E-state index is 0.624. The molecule has 1 nitrogen and oxygen atoms in total. The maximum Gasteiger partial charge on any atom is 0.0926 e. The molecule has 4 atom stereocenters. The van der Waals surface area contributed by atoms with E-state index < -0.39 is 0 Å². The number of hydrogen-bond acceptors (Lipinski definition) is 1. The van der Waals surface area contributed by atoms with Gasteiger partial charge in [0.05, 0.1) is 5.76 Å². The highest BCUT2D eigenvalue weighted by molar-refractivity contribution is 5.32. The van der Waals surface area contributed by atoms with Crippen molar-refractivity contribution < 1.29 is 5.11 Å². The van der Waals surface area contributed by atoms with Gasteiger partial charge in [-0.1, -0.05) is 24.5 Å². The Morgan fingerprint density at radius 1 is 1.21 bits per heavy atom.